The second kappa shape index (κ2) is 5.76. The minimum absolute atomic E-state index is 0.170. The van der Waals surface area contributed by atoms with E-state index < -0.39 is 0 Å². The Kier molecular flexibility index (Phi) is 4.63. The van der Waals surface area contributed by atoms with Crippen LogP contribution >= 0.6 is 0 Å². The van der Waals surface area contributed by atoms with Crippen LogP contribution in [0.25, 0.3) is 0 Å². The van der Waals surface area contributed by atoms with E-state index in [1.807, 2.05) is 38.1 Å². The number of rotatable bonds is 5. The van der Waals surface area contributed by atoms with Crippen LogP contribution in [0.4, 0.5) is 0 Å². The molecule has 0 aromatic heterocycles. The maximum absolute atomic E-state index is 9.82. The van der Waals surface area contributed by atoms with Gasteiger partial charge in [-0.15, -0.1) is 0 Å². The van der Waals surface area contributed by atoms with Gasteiger partial charge in [0.05, 0.1) is 12.2 Å². The fourth-order valence-electron chi connectivity index (χ4n) is 1.51. The van der Waals surface area contributed by atoms with Crippen molar-refractivity contribution in [2.75, 3.05) is 0 Å². The lowest BCUT2D eigenvalue weighted by molar-refractivity contribution is 0.165. The lowest BCUT2D eigenvalue weighted by atomic mass is 10.1. The topological polar surface area (TPSA) is 29.5 Å². The first kappa shape index (κ1) is 12.1. The Bertz CT molecular complexity index is 294. The van der Waals surface area contributed by atoms with Crippen LogP contribution in [0.2, 0.25) is 0 Å². The number of aliphatic hydroxyl groups excluding tert-OH is 1. The molecule has 0 spiro atoms. The number of aliphatic hydroxyl groups is 1. The first-order valence-corrected chi connectivity index (χ1v) is 5.58. The van der Waals surface area contributed by atoms with Crippen LogP contribution in [0.15, 0.2) is 24.3 Å². The highest BCUT2D eigenvalue weighted by molar-refractivity contribution is 5.30. The van der Waals surface area contributed by atoms with E-state index in [1.165, 1.54) is 0 Å². The summed E-state index contributed by atoms with van der Waals surface area (Å²) in [5.41, 5.74) is 0.940. The number of benzene rings is 1. The van der Waals surface area contributed by atoms with Gasteiger partial charge < -0.3 is 9.84 Å². The standard InChI is InChI=1S/C13H20O2/c1-4-6-13(14)11-7-5-8-12(9-11)15-10(2)3/h5,7-10,13-14H,4,6H2,1-3H3/t13-/m0/s1. The lowest BCUT2D eigenvalue weighted by Gasteiger charge is -2.13. The van der Waals surface area contributed by atoms with Crippen LogP contribution < -0.4 is 4.74 Å². The van der Waals surface area contributed by atoms with E-state index in [2.05, 4.69) is 6.92 Å². The molecular weight excluding hydrogens is 188 g/mol. The van der Waals surface area contributed by atoms with E-state index in [9.17, 15) is 5.11 Å². The fraction of sp³-hybridized carbons (Fsp3) is 0.538. The second-order valence-corrected chi connectivity index (χ2v) is 4.04. The number of hydrogen-bond donors (Lipinski definition) is 1. The molecule has 0 heterocycles. The summed E-state index contributed by atoms with van der Waals surface area (Å²) < 4.78 is 5.57. The predicted octanol–water partition coefficient (Wildman–Crippen LogP) is 3.31. The summed E-state index contributed by atoms with van der Waals surface area (Å²) in [5.74, 6) is 0.831. The highest BCUT2D eigenvalue weighted by Gasteiger charge is 2.07. The molecule has 1 N–H and O–H groups in total. The molecule has 2 heteroatoms. The van der Waals surface area contributed by atoms with Crippen molar-refractivity contribution in [1.29, 1.82) is 0 Å². The van der Waals surface area contributed by atoms with Crippen molar-refractivity contribution >= 4 is 0 Å². The van der Waals surface area contributed by atoms with Crippen molar-refractivity contribution < 1.29 is 9.84 Å². The van der Waals surface area contributed by atoms with Gasteiger partial charge in [-0.3, -0.25) is 0 Å². The van der Waals surface area contributed by atoms with Gasteiger partial charge >= 0.3 is 0 Å². The molecule has 0 unspecified atom stereocenters. The van der Waals surface area contributed by atoms with Crippen molar-refractivity contribution in [1.82, 2.24) is 0 Å². The Morgan fingerprint density at radius 3 is 2.67 bits per heavy atom. The van der Waals surface area contributed by atoms with Crippen molar-refractivity contribution in [2.24, 2.45) is 0 Å². The molecule has 0 amide bonds. The molecule has 0 aliphatic rings. The monoisotopic (exact) mass is 208 g/mol. The van der Waals surface area contributed by atoms with Crippen LogP contribution in [-0.4, -0.2) is 11.2 Å². The van der Waals surface area contributed by atoms with E-state index >= 15 is 0 Å². The summed E-state index contributed by atoms with van der Waals surface area (Å²) in [5, 5.41) is 9.82. The SMILES string of the molecule is CCC[C@H](O)c1cccc(OC(C)C)c1. The van der Waals surface area contributed by atoms with Gasteiger partial charge in [0.1, 0.15) is 5.75 Å². The third-order valence-corrected chi connectivity index (χ3v) is 2.18. The van der Waals surface area contributed by atoms with Crippen LogP contribution in [0.3, 0.4) is 0 Å². The van der Waals surface area contributed by atoms with E-state index in [4.69, 9.17) is 4.74 Å². The molecule has 1 atom stereocenters. The van der Waals surface area contributed by atoms with E-state index in [0.29, 0.717) is 0 Å². The molecule has 0 aliphatic heterocycles. The Balaban J connectivity index is 2.73. The maximum atomic E-state index is 9.82. The Hall–Kier alpha value is -1.02. The van der Waals surface area contributed by atoms with Gasteiger partial charge in [-0.25, -0.2) is 0 Å². The largest absolute Gasteiger partial charge is 0.491 e. The van der Waals surface area contributed by atoms with Gasteiger partial charge in [-0.1, -0.05) is 25.5 Å². The zero-order valence-electron chi connectivity index (χ0n) is 9.73. The average Bonchev–Trinajstić information content (AvgIpc) is 2.17. The lowest BCUT2D eigenvalue weighted by Crippen LogP contribution is -2.06. The minimum atomic E-state index is -0.370. The normalized spacial score (nSPS) is 12.9. The van der Waals surface area contributed by atoms with Gasteiger partial charge in [0.15, 0.2) is 0 Å². The number of ether oxygens (including phenoxy) is 1. The van der Waals surface area contributed by atoms with Crippen LogP contribution in [0, 0.1) is 0 Å². The summed E-state index contributed by atoms with van der Waals surface area (Å²) in [7, 11) is 0. The van der Waals surface area contributed by atoms with Gasteiger partial charge in [0.2, 0.25) is 0 Å². The summed E-state index contributed by atoms with van der Waals surface area (Å²) in [6, 6.07) is 7.70. The molecule has 0 aliphatic carbocycles. The first-order chi connectivity index (χ1) is 7.13. The Morgan fingerprint density at radius 2 is 2.07 bits per heavy atom. The molecule has 0 saturated carbocycles. The van der Waals surface area contributed by atoms with Crippen molar-refractivity contribution in [3.05, 3.63) is 29.8 Å². The quantitative estimate of drug-likeness (QED) is 0.804. The third kappa shape index (κ3) is 3.92. The highest BCUT2D eigenvalue weighted by atomic mass is 16.5. The van der Waals surface area contributed by atoms with Crippen LogP contribution in [-0.2, 0) is 0 Å². The highest BCUT2D eigenvalue weighted by Crippen LogP contribution is 2.22. The molecule has 1 aromatic rings. The summed E-state index contributed by atoms with van der Waals surface area (Å²) in [6.07, 6.45) is 1.58. The van der Waals surface area contributed by atoms with Crippen molar-refractivity contribution in [3.63, 3.8) is 0 Å². The first-order valence-electron chi connectivity index (χ1n) is 5.58. The minimum Gasteiger partial charge on any atom is -0.491 e. The second-order valence-electron chi connectivity index (χ2n) is 4.04. The molecule has 0 fully saturated rings. The van der Waals surface area contributed by atoms with Gasteiger partial charge in [0, 0.05) is 0 Å². The molecule has 0 radical (unpaired) electrons. The van der Waals surface area contributed by atoms with Crippen molar-refractivity contribution in [2.45, 2.75) is 45.8 Å². The van der Waals surface area contributed by atoms with Crippen LogP contribution in [0.1, 0.15) is 45.3 Å². The predicted molar refractivity (Wildman–Crippen MR) is 62.1 cm³/mol. The van der Waals surface area contributed by atoms with Gasteiger partial charge in [0.25, 0.3) is 0 Å². The van der Waals surface area contributed by atoms with Gasteiger partial charge in [-0.2, -0.15) is 0 Å². The molecule has 0 saturated heterocycles. The Labute approximate surface area is 91.9 Å². The molecule has 0 bridgehead atoms. The summed E-state index contributed by atoms with van der Waals surface area (Å²) in [4.78, 5) is 0. The third-order valence-electron chi connectivity index (χ3n) is 2.18. The molecular formula is C13H20O2. The average molecular weight is 208 g/mol. The smallest absolute Gasteiger partial charge is 0.120 e. The molecule has 1 rings (SSSR count). The molecule has 84 valence electrons. The van der Waals surface area contributed by atoms with Crippen molar-refractivity contribution in [3.8, 4) is 5.75 Å². The molecule has 15 heavy (non-hydrogen) atoms. The molecule has 2 nitrogen and oxygen atoms in total. The van der Waals surface area contributed by atoms with Gasteiger partial charge in [-0.05, 0) is 38.0 Å². The number of hydrogen-bond acceptors (Lipinski definition) is 2. The zero-order valence-corrected chi connectivity index (χ0v) is 9.73. The summed E-state index contributed by atoms with van der Waals surface area (Å²) >= 11 is 0. The van der Waals surface area contributed by atoms with E-state index in [-0.39, 0.29) is 12.2 Å². The fourth-order valence-corrected chi connectivity index (χ4v) is 1.51. The maximum Gasteiger partial charge on any atom is 0.120 e. The summed E-state index contributed by atoms with van der Waals surface area (Å²) in [6.45, 7) is 6.06. The van der Waals surface area contributed by atoms with Crippen LogP contribution in [0.5, 0.6) is 5.75 Å². The van der Waals surface area contributed by atoms with E-state index in [0.717, 1.165) is 24.2 Å². The Morgan fingerprint density at radius 1 is 1.33 bits per heavy atom. The van der Waals surface area contributed by atoms with E-state index in [1.54, 1.807) is 0 Å². The zero-order chi connectivity index (χ0) is 11.3. The molecule has 1 aromatic carbocycles.